The molecule has 1 heterocycles. The zero-order valence-corrected chi connectivity index (χ0v) is 11.1. The van der Waals surface area contributed by atoms with Crippen LogP contribution in [0.5, 0.6) is 0 Å². The first kappa shape index (κ1) is 13.4. The van der Waals surface area contributed by atoms with Crippen molar-refractivity contribution in [1.29, 1.82) is 0 Å². The van der Waals surface area contributed by atoms with Crippen LogP contribution in [0.25, 0.3) is 0 Å². The number of amides is 2. The molecular weight excluding hydrogens is 242 g/mol. The van der Waals surface area contributed by atoms with E-state index in [2.05, 4.69) is 5.32 Å². The van der Waals surface area contributed by atoms with Gasteiger partial charge in [-0.3, -0.25) is 9.59 Å². The van der Waals surface area contributed by atoms with Gasteiger partial charge >= 0.3 is 0 Å². The molecule has 1 N–H and O–H groups in total. The summed E-state index contributed by atoms with van der Waals surface area (Å²) in [5, 5.41) is 3.10. The maximum Gasteiger partial charge on any atom is 0.241 e. The molecule has 0 spiro atoms. The molecule has 0 bridgehead atoms. The van der Waals surface area contributed by atoms with Gasteiger partial charge in [0.2, 0.25) is 11.8 Å². The van der Waals surface area contributed by atoms with Gasteiger partial charge in [0.1, 0.15) is 0 Å². The highest BCUT2D eigenvalue weighted by Crippen LogP contribution is 2.06. The highest BCUT2D eigenvalue weighted by molar-refractivity contribution is 5.81. The third-order valence-corrected chi connectivity index (χ3v) is 3.30. The molecule has 1 saturated heterocycles. The van der Waals surface area contributed by atoms with Crippen molar-refractivity contribution >= 4 is 17.5 Å². The summed E-state index contributed by atoms with van der Waals surface area (Å²) in [6, 6.07) is 9.66. The second kappa shape index (κ2) is 6.22. The van der Waals surface area contributed by atoms with Crippen LogP contribution < -0.4 is 5.32 Å². The fraction of sp³-hybridized carbons (Fsp3) is 0.429. The summed E-state index contributed by atoms with van der Waals surface area (Å²) in [4.78, 5) is 26.8. The van der Waals surface area contributed by atoms with Crippen LogP contribution in [0.3, 0.4) is 0 Å². The minimum Gasteiger partial charge on any atom is -0.376 e. The lowest BCUT2D eigenvalue weighted by molar-refractivity contribution is -0.137. The number of carbonyl (C=O) groups is 2. The summed E-state index contributed by atoms with van der Waals surface area (Å²) in [7, 11) is 0. The van der Waals surface area contributed by atoms with Gasteiger partial charge in [-0.15, -0.1) is 0 Å². The predicted molar refractivity (Wildman–Crippen MR) is 73.8 cm³/mol. The number of hydrogen-bond acceptors (Lipinski definition) is 3. The molecule has 0 saturated carbocycles. The Bertz CT molecular complexity index is 439. The largest absolute Gasteiger partial charge is 0.376 e. The van der Waals surface area contributed by atoms with Gasteiger partial charge in [0.25, 0.3) is 0 Å². The molecule has 0 unspecified atom stereocenters. The van der Waals surface area contributed by atoms with E-state index in [9.17, 15) is 9.59 Å². The van der Waals surface area contributed by atoms with Crippen molar-refractivity contribution in [3.63, 3.8) is 0 Å². The van der Waals surface area contributed by atoms with Crippen LogP contribution in [0.4, 0.5) is 5.69 Å². The van der Waals surface area contributed by atoms with Crippen LogP contribution in [0.15, 0.2) is 30.3 Å². The normalized spacial score (nSPS) is 15.2. The Labute approximate surface area is 113 Å². The molecule has 2 rings (SSSR count). The number of nitrogens with zero attached hydrogens (tertiary/aromatic N) is 2. The molecule has 5 heteroatoms. The van der Waals surface area contributed by atoms with E-state index in [1.54, 1.807) is 16.7 Å². The molecule has 19 heavy (non-hydrogen) atoms. The van der Waals surface area contributed by atoms with Crippen molar-refractivity contribution in [2.24, 2.45) is 0 Å². The van der Waals surface area contributed by atoms with E-state index in [-0.39, 0.29) is 11.8 Å². The van der Waals surface area contributed by atoms with Gasteiger partial charge in [-0.25, -0.2) is 0 Å². The molecule has 5 nitrogen and oxygen atoms in total. The first-order valence-electron chi connectivity index (χ1n) is 6.49. The molecule has 0 radical (unpaired) electrons. The molecule has 0 aliphatic carbocycles. The number of nitrogens with one attached hydrogen (secondary N) is 1. The molecular formula is C14H19N3O2. The van der Waals surface area contributed by atoms with E-state index in [0.717, 1.165) is 5.69 Å². The van der Waals surface area contributed by atoms with Crippen molar-refractivity contribution < 1.29 is 9.59 Å². The van der Waals surface area contributed by atoms with Gasteiger partial charge in [0, 0.05) is 38.8 Å². The third-order valence-electron chi connectivity index (χ3n) is 3.30. The molecule has 1 aliphatic heterocycles. The Morgan fingerprint density at radius 3 is 2.21 bits per heavy atom. The van der Waals surface area contributed by atoms with Crippen molar-refractivity contribution in [3.8, 4) is 0 Å². The fourth-order valence-electron chi connectivity index (χ4n) is 2.12. The average Bonchev–Trinajstić information content (AvgIpc) is 2.46. The van der Waals surface area contributed by atoms with Crippen molar-refractivity contribution in [2.75, 3.05) is 38.0 Å². The number of carbonyl (C=O) groups excluding carboxylic acids is 2. The molecule has 0 atom stereocenters. The van der Waals surface area contributed by atoms with Gasteiger partial charge < -0.3 is 15.1 Å². The van der Waals surface area contributed by atoms with Gasteiger partial charge in [-0.05, 0) is 12.1 Å². The topological polar surface area (TPSA) is 52.7 Å². The average molecular weight is 261 g/mol. The molecule has 0 aromatic heterocycles. The standard InChI is InChI=1S/C14H19N3O2/c1-12(18)16-7-9-17(10-8-16)14(19)11-15-13-5-3-2-4-6-13/h2-6,15H,7-11H2,1H3. The number of hydrogen-bond donors (Lipinski definition) is 1. The number of benzene rings is 1. The van der Waals surface area contributed by atoms with Gasteiger partial charge in [0.05, 0.1) is 6.54 Å². The molecule has 1 aromatic rings. The smallest absolute Gasteiger partial charge is 0.241 e. The molecule has 1 aliphatic rings. The van der Waals surface area contributed by atoms with Crippen molar-refractivity contribution in [3.05, 3.63) is 30.3 Å². The van der Waals surface area contributed by atoms with Crippen LogP contribution in [0.1, 0.15) is 6.92 Å². The van der Waals surface area contributed by atoms with Gasteiger partial charge in [-0.2, -0.15) is 0 Å². The van der Waals surface area contributed by atoms with Crippen LogP contribution in [0.2, 0.25) is 0 Å². The van der Waals surface area contributed by atoms with Crippen LogP contribution in [0, 0.1) is 0 Å². The summed E-state index contributed by atoms with van der Waals surface area (Å²) in [5.41, 5.74) is 0.943. The first-order valence-corrected chi connectivity index (χ1v) is 6.49. The predicted octanol–water partition coefficient (Wildman–Crippen LogP) is 0.789. The Morgan fingerprint density at radius 1 is 1.05 bits per heavy atom. The third kappa shape index (κ3) is 3.71. The van der Waals surface area contributed by atoms with Crippen LogP contribution in [-0.2, 0) is 9.59 Å². The van der Waals surface area contributed by atoms with Crippen LogP contribution in [-0.4, -0.2) is 54.3 Å². The number of para-hydroxylation sites is 1. The Balaban J connectivity index is 1.77. The number of piperazine rings is 1. The lowest BCUT2D eigenvalue weighted by Gasteiger charge is -2.34. The summed E-state index contributed by atoms with van der Waals surface area (Å²) < 4.78 is 0. The van der Waals surface area contributed by atoms with Crippen molar-refractivity contribution in [2.45, 2.75) is 6.92 Å². The van der Waals surface area contributed by atoms with E-state index in [1.807, 2.05) is 30.3 Å². The Hall–Kier alpha value is -2.04. The fourth-order valence-corrected chi connectivity index (χ4v) is 2.12. The lowest BCUT2D eigenvalue weighted by atomic mass is 10.3. The molecule has 2 amide bonds. The summed E-state index contributed by atoms with van der Waals surface area (Å²) in [5.74, 6) is 0.154. The number of anilines is 1. The second-order valence-electron chi connectivity index (χ2n) is 4.61. The van der Waals surface area contributed by atoms with Crippen LogP contribution >= 0.6 is 0 Å². The van der Waals surface area contributed by atoms with E-state index < -0.39 is 0 Å². The minimum atomic E-state index is 0.0760. The Kier molecular flexibility index (Phi) is 4.39. The van der Waals surface area contributed by atoms with E-state index in [0.29, 0.717) is 32.7 Å². The Morgan fingerprint density at radius 2 is 1.63 bits per heavy atom. The SMILES string of the molecule is CC(=O)N1CCN(C(=O)CNc2ccccc2)CC1. The molecule has 102 valence electrons. The summed E-state index contributed by atoms with van der Waals surface area (Å²) >= 11 is 0. The summed E-state index contributed by atoms with van der Waals surface area (Å²) in [6.07, 6.45) is 0. The highest BCUT2D eigenvalue weighted by Gasteiger charge is 2.21. The molecule has 1 fully saturated rings. The lowest BCUT2D eigenvalue weighted by Crippen LogP contribution is -2.51. The van der Waals surface area contributed by atoms with Gasteiger partial charge in [-0.1, -0.05) is 18.2 Å². The summed E-state index contributed by atoms with van der Waals surface area (Å²) in [6.45, 7) is 4.36. The quantitative estimate of drug-likeness (QED) is 0.875. The first-order chi connectivity index (χ1) is 9.16. The second-order valence-corrected chi connectivity index (χ2v) is 4.61. The van der Waals surface area contributed by atoms with Gasteiger partial charge in [0.15, 0.2) is 0 Å². The van der Waals surface area contributed by atoms with E-state index in [4.69, 9.17) is 0 Å². The minimum absolute atomic E-state index is 0.0760. The monoisotopic (exact) mass is 261 g/mol. The zero-order valence-electron chi connectivity index (χ0n) is 11.1. The van der Waals surface area contributed by atoms with Crippen molar-refractivity contribution in [1.82, 2.24) is 9.80 Å². The maximum atomic E-state index is 12.0. The number of rotatable bonds is 3. The van der Waals surface area contributed by atoms with E-state index >= 15 is 0 Å². The maximum absolute atomic E-state index is 12.0. The highest BCUT2D eigenvalue weighted by atomic mass is 16.2. The molecule has 1 aromatic carbocycles. The van der Waals surface area contributed by atoms with E-state index in [1.165, 1.54) is 0 Å². The zero-order chi connectivity index (χ0) is 13.7.